The van der Waals surface area contributed by atoms with Crippen LogP contribution in [-0.2, 0) is 16.0 Å². The molecule has 1 aromatic carbocycles. The van der Waals surface area contributed by atoms with E-state index >= 15 is 0 Å². The van der Waals surface area contributed by atoms with E-state index in [4.69, 9.17) is 0 Å². The Morgan fingerprint density at radius 1 is 1.03 bits per heavy atom. The summed E-state index contributed by atoms with van der Waals surface area (Å²) in [4.78, 5) is 26.7. The zero-order chi connectivity index (χ0) is 20.1. The Kier molecular flexibility index (Phi) is 6.27. The minimum Gasteiger partial charge on any atom is -0.343 e. The summed E-state index contributed by atoms with van der Waals surface area (Å²) in [5.41, 5.74) is 1.26. The first-order valence-electron chi connectivity index (χ1n) is 10.8. The van der Waals surface area contributed by atoms with Crippen molar-refractivity contribution in [3.63, 3.8) is 0 Å². The Bertz CT molecular complexity index is 820. The van der Waals surface area contributed by atoms with Gasteiger partial charge in [0.1, 0.15) is 5.82 Å². The summed E-state index contributed by atoms with van der Waals surface area (Å²) < 4.78 is 1.93. The third-order valence-electron chi connectivity index (χ3n) is 5.97. The molecule has 1 saturated carbocycles. The first-order valence-corrected chi connectivity index (χ1v) is 10.8. The molecular weight excluding hydrogens is 364 g/mol. The van der Waals surface area contributed by atoms with Gasteiger partial charge in [0.05, 0.1) is 12.2 Å². The molecule has 1 aliphatic heterocycles. The van der Waals surface area contributed by atoms with Crippen LogP contribution in [0.15, 0.2) is 42.6 Å². The molecule has 6 nitrogen and oxygen atoms in total. The average Bonchev–Trinajstić information content (AvgIpc) is 3.44. The van der Waals surface area contributed by atoms with Crippen LogP contribution in [0.5, 0.6) is 0 Å². The van der Waals surface area contributed by atoms with Gasteiger partial charge in [-0.3, -0.25) is 9.59 Å². The Hall–Kier alpha value is -2.63. The maximum absolute atomic E-state index is 12.4. The molecule has 2 fully saturated rings. The molecule has 1 aliphatic carbocycles. The standard InChI is InChI=1S/C23H30N4O2/c28-22(8-4-7-18-5-2-1-3-6-18)25-21-11-14-24-27(21)20-12-15-26(16-13-20)23(29)17-19-9-10-19/h1-3,5-6,11,14,19-20H,4,7-10,12-13,15-17H2,(H,25,28). The van der Waals surface area contributed by atoms with Crippen LogP contribution in [0.3, 0.4) is 0 Å². The molecule has 0 unspecified atom stereocenters. The molecule has 2 heterocycles. The summed E-state index contributed by atoms with van der Waals surface area (Å²) in [5, 5.41) is 7.47. The molecule has 2 amide bonds. The lowest BCUT2D eigenvalue weighted by molar-refractivity contribution is -0.132. The largest absolute Gasteiger partial charge is 0.343 e. The van der Waals surface area contributed by atoms with Crippen molar-refractivity contribution in [1.82, 2.24) is 14.7 Å². The SMILES string of the molecule is O=C(CCCc1ccccc1)Nc1ccnn1C1CCN(C(=O)CC2CC2)CC1. The van der Waals surface area contributed by atoms with E-state index in [0.717, 1.165) is 51.0 Å². The van der Waals surface area contributed by atoms with Crippen LogP contribution in [0, 0.1) is 5.92 Å². The van der Waals surface area contributed by atoms with Crippen LogP contribution in [0.1, 0.15) is 56.6 Å². The first kappa shape index (κ1) is 19.7. The van der Waals surface area contributed by atoms with Gasteiger partial charge in [-0.2, -0.15) is 5.10 Å². The van der Waals surface area contributed by atoms with Gasteiger partial charge in [0.25, 0.3) is 0 Å². The summed E-state index contributed by atoms with van der Waals surface area (Å²) in [6.07, 6.45) is 8.87. The lowest BCUT2D eigenvalue weighted by atomic mass is 10.0. The molecule has 1 N–H and O–H groups in total. The van der Waals surface area contributed by atoms with E-state index in [2.05, 4.69) is 22.5 Å². The van der Waals surface area contributed by atoms with Crippen molar-refractivity contribution >= 4 is 17.6 Å². The Labute approximate surface area is 172 Å². The summed E-state index contributed by atoms with van der Waals surface area (Å²) in [7, 11) is 0. The number of aryl methyl sites for hydroxylation is 1. The van der Waals surface area contributed by atoms with Crippen molar-refractivity contribution in [2.24, 2.45) is 5.92 Å². The van der Waals surface area contributed by atoms with E-state index in [0.29, 0.717) is 18.2 Å². The van der Waals surface area contributed by atoms with Crippen molar-refractivity contribution in [3.8, 4) is 0 Å². The van der Waals surface area contributed by atoms with Gasteiger partial charge in [-0.15, -0.1) is 0 Å². The monoisotopic (exact) mass is 394 g/mol. The fourth-order valence-electron chi connectivity index (χ4n) is 4.07. The van der Waals surface area contributed by atoms with Gasteiger partial charge in [0.15, 0.2) is 0 Å². The number of amides is 2. The van der Waals surface area contributed by atoms with Crippen molar-refractivity contribution in [2.75, 3.05) is 18.4 Å². The molecule has 0 atom stereocenters. The highest BCUT2D eigenvalue weighted by Gasteiger charge is 2.30. The summed E-state index contributed by atoms with van der Waals surface area (Å²) in [6, 6.07) is 12.3. The Balaban J connectivity index is 1.24. The number of rotatable bonds is 8. The number of piperidine rings is 1. The molecule has 2 aromatic rings. The third kappa shape index (κ3) is 5.46. The number of carbonyl (C=O) groups excluding carboxylic acids is 2. The van der Waals surface area contributed by atoms with Gasteiger partial charge < -0.3 is 10.2 Å². The highest BCUT2D eigenvalue weighted by molar-refractivity contribution is 5.89. The fraction of sp³-hybridized carbons (Fsp3) is 0.522. The number of hydrogen-bond acceptors (Lipinski definition) is 3. The van der Waals surface area contributed by atoms with E-state index in [9.17, 15) is 9.59 Å². The van der Waals surface area contributed by atoms with Gasteiger partial charge in [0, 0.05) is 32.0 Å². The number of carbonyl (C=O) groups is 2. The van der Waals surface area contributed by atoms with Crippen molar-refractivity contribution in [1.29, 1.82) is 0 Å². The summed E-state index contributed by atoms with van der Waals surface area (Å²) in [6.45, 7) is 1.56. The third-order valence-corrected chi connectivity index (χ3v) is 5.97. The molecule has 4 rings (SSSR count). The molecule has 1 aromatic heterocycles. The van der Waals surface area contributed by atoms with E-state index in [1.165, 1.54) is 18.4 Å². The van der Waals surface area contributed by atoms with Crippen molar-refractivity contribution in [2.45, 2.75) is 57.4 Å². The normalized spacial score (nSPS) is 17.3. The van der Waals surface area contributed by atoms with Crippen molar-refractivity contribution in [3.05, 3.63) is 48.2 Å². The van der Waals surface area contributed by atoms with Crippen LogP contribution in [0.4, 0.5) is 5.82 Å². The summed E-state index contributed by atoms with van der Waals surface area (Å²) in [5.74, 6) is 1.73. The lowest BCUT2D eigenvalue weighted by Crippen LogP contribution is -2.39. The molecule has 154 valence electrons. The maximum Gasteiger partial charge on any atom is 0.225 e. The Morgan fingerprint density at radius 3 is 2.52 bits per heavy atom. The summed E-state index contributed by atoms with van der Waals surface area (Å²) >= 11 is 0. The molecule has 2 aliphatic rings. The molecule has 29 heavy (non-hydrogen) atoms. The Morgan fingerprint density at radius 2 is 1.79 bits per heavy atom. The number of nitrogens with one attached hydrogen (secondary N) is 1. The molecule has 0 radical (unpaired) electrons. The van der Waals surface area contributed by atoms with Crippen molar-refractivity contribution < 1.29 is 9.59 Å². The van der Waals surface area contributed by atoms with E-state index < -0.39 is 0 Å². The van der Waals surface area contributed by atoms with Gasteiger partial charge in [-0.25, -0.2) is 4.68 Å². The number of hydrogen-bond donors (Lipinski definition) is 1. The second-order valence-electron chi connectivity index (χ2n) is 8.31. The molecule has 1 saturated heterocycles. The second kappa shape index (κ2) is 9.25. The predicted molar refractivity (Wildman–Crippen MR) is 112 cm³/mol. The van der Waals surface area contributed by atoms with Crippen LogP contribution >= 0.6 is 0 Å². The molecule has 0 spiro atoms. The highest BCUT2D eigenvalue weighted by Crippen LogP contribution is 2.34. The highest BCUT2D eigenvalue weighted by atomic mass is 16.2. The van der Waals surface area contributed by atoms with Gasteiger partial charge in [-0.1, -0.05) is 30.3 Å². The minimum absolute atomic E-state index is 0.0275. The van der Waals surface area contributed by atoms with E-state index in [1.807, 2.05) is 33.8 Å². The molecule has 6 heteroatoms. The minimum atomic E-state index is 0.0275. The van der Waals surface area contributed by atoms with E-state index in [1.54, 1.807) is 6.20 Å². The molecule has 0 bridgehead atoms. The number of benzene rings is 1. The predicted octanol–water partition coefficient (Wildman–Crippen LogP) is 3.81. The smallest absolute Gasteiger partial charge is 0.225 e. The van der Waals surface area contributed by atoms with Gasteiger partial charge in [-0.05, 0) is 50.0 Å². The van der Waals surface area contributed by atoms with Gasteiger partial charge in [0.2, 0.25) is 11.8 Å². The average molecular weight is 395 g/mol. The maximum atomic E-state index is 12.4. The molecular formula is C23H30N4O2. The topological polar surface area (TPSA) is 67.2 Å². The lowest BCUT2D eigenvalue weighted by Gasteiger charge is -2.32. The van der Waals surface area contributed by atoms with Crippen LogP contribution in [0.25, 0.3) is 0 Å². The first-order chi connectivity index (χ1) is 14.2. The number of aromatic nitrogens is 2. The van der Waals surface area contributed by atoms with Crippen LogP contribution in [0.2, 0.25) is 0 Å². The zero-order valence-electron chi connectivity index (χ0n) is 16.9. The zero-order valence-corrected chi connectivity index (χ0v) is 16.9. The second-order valence-corrected chi connectivity index (χ2v) is 8.31. The number of nitrogens with zero attached hydrogens (tertiary/aromatic N) is 3. The fourth-order valence-corrected chi connectivity index (χ4v) is 4.07. The number of anilines is 1. The van der Waals surface area contributed by atoms with E-state index in [-0.39, 0.29) is 11.9 Å². The number of likely N-dealkylation sites (tertiary alicyclic amines) is 1. The van der Waals surface area contributed by atoms with Crippen LogP contribution < -0.4 is 5.32 Å². The van der Waals surface area contributed by atoms with Gasteiger partial charge >= 0.3 is 0 Å². The quantitative estimate of drug-likeness (QED) is 0.740. The van der Waals surface area contributed by atoms with Crippen LogP contribution in [-0.4, -0.2) is 39.6 Å².